The molecule has 1 aromatic heterocycles. The molecule has 1 fully saturated rings. The topological polar surface area (TPSA) is 67.4 Å². The fourth-order valence-corrected chi connectivity index (χ4v) is 4.00. The number of likely N-dealkylation sites (tertiary alicyclic amines) is 1. The number of para-hydroxylation sites is 1. The van der Waals surface area contributed by atoms with Crippen LogP contribution in [0.5, 0.6) is 11.5 Å². The number of carbonyl (C=O) groups excluding carboxylic acids is 1. The number of rotatable bonds is 8. The first kappa shape index (κ1) is 21.2. The van der Waals surface area contributed by atoms with Gasteiger partial charge in [-0.05, 0) is 42.3 Å². The summed E-state index contributed by atoms with van der Waals surface area (Å²) in [6.45, 7) is 1.98. The van der Waals surface area contributed by atoms with Crippen molar-refractivity contribution in [1.29, 1.82) is 0 Å². The zero-order chi connectivity index (χ0) is 21.6. The molecule has 1 atom stereocenters. The van der Waals surface area contributed by atoms with Crippen LogP contribution in [0, 0.1) is 0 Å². The first-order valence-corrected chi connectivity index (χ1v) is 10.8. The van der Waals surface area contributed by atoms with Gasteiger partial charge in [0, 0.05) is 31.1 Å². The summed E-state index contributed by atoms with van der Waals surface area (Å²) in [6, 6.07) is 17.2. The van der Waals surface area contributed by atoms with E-state index in [9.17, 15) is 4.79 Å². The Hall–Kier alpha value is -2.99. The summed E-state index contributed by atoms with van der Waals surface area (Å²) in [5.74, 6) is 1.89. The Morgan fingerprint density at radius 3 is 2.81 bits per heavy atom. The first-order chi connectivity index (χ1) is 15.1. The van der Waals surface area contributed by atoms with Gasteiger partial charge < -0.3 is 14.4 Å². The van der Waals surface area contributed by atoms with Crippen LogP contribution in [-0.4, -0.2) is 47.8 Å². The van der Waals surface area contributed by atoms with Crippen molar-refractivity contribution in [2.24, 2.45) is 0 Å². The minimum atomic E-state index is 0.150. The van der Waals surface area contributed by atoms with E-state index in [4.69, 9.17) is 21.1 Å². The third kappa shape index (κ3) is 5.39. The highest BCUT2D eigenvalue weighted by molar-refractivity contribution is 6.32. The molecule has 1 unspecified atom stereocenters. The molecule has 1 amide bonds. The number of benzene rings is 2. The second-order valence-electron chi connectivity index (χ2n) is 7.70. The Morgan fingerprint density at radius 2 is 2.03 bits per heavy atom. The molecule has 1 aliphatic rings. The van der Waals surface area contributed by atoms with Crippen LogP contribution in [-0.2, 0) is 17.6 Å². The number of nitrogens with zero attached hydrogens (tertiary/aromatic N) is 2. The summed E-state index contributed by atoms with van der Waals surface area (Å²) < 4.78 is 10.9. The summed E-state index contributed by atoms with van der Waals surface area (Å²) >= 11 is 6.12. The molecule has 3 aromatic rings. The highest BCUT2D eigenvalue weighted by Gasteiger charge is 2.28. The minimum Gasteiger partial charge on any atom is -0.497 e. The number of aromatic amines is 1. The van der Waals surface area contributed by atoms with Crippen LogP contribution in [0.15, 0.2) is 54.6 Å². The van der Waals surface area contributed by atoms with Crippen LogP contribution in [0.4, 0.5) is 0 Å². The van der Waals surface area contributed by atoms with Gasteiger partial charge in [-0.1, -0.05) is 35.9 Å². The van der Waals surface area contributed by atoms with Crippen LogP contribution in [0.1, 0.15) is 29.3 Å². The molecular formula is C24H26ClN3O3. The Balaban J connectivity index is 1.26. The van der Waals surface area contributed by atoms with Crippen LogP contribution >= 0.6 is 11.6 Å². The third-order valence-electron chi connectivity index (χ3n) is 5.59. The largest absolute Gasteiger partial charge is 0.497 e. The molecule has 7 heteroatoms. The number of H-pyrrole nitrogens is 1. The molecule has 2 heterocycles. The zero-order valence-corrected chi connectivity index (χ0v) is 18.3. The highest BCUT2D eigenvalue weighted by atomic mass is 35.5. The number of nitrogens with one attached hydrogen (secondary N) is 1. The number of ether oxygens (including phenoxy) is 2. The lowest BCUT2D eigenvalue weighted by atomic mass is 10.0. The molecule has 1 N–H and O–H groups in total. The second kappa shape index (κ2) is 9.88. The average Bonchev–Trinajstić information content (AvgIpc) is 3.45. The fourth-order valence-electron chi connectivity index (χ4n) is 3.81. The maximum absolute atomic E-state index is 12.7. The van der Waals surface area contributed by atoms with Gasteiger partial charge in [0.05, 0.1) is 30.9 Å². The molecule has 0 saturated carbocycles. The predicted molar refractivity (Wildman–Crippen MR) is 120 cm³/mol. The molecule has 1 saturated heterocycles. The standard InChI is InChI=1S/C24H26ClN3O3/c1-30-20-8-6-17(7-9-20)14-24(29)28-12-10-18(16-28)22-15-19(26-27-22)11-13-31-23-5-3-2-4-21(23)25/h2-9,15,18H,10-14,16H2,1H3,(H,26,27). The SMILES string of the molecule is COc1ccc(CC(=O)N2CCC(c3cc(CCOc4ccccc4Cl)[nH]n3)C2)cc1. The summed E-state index contributed by atoms with van der Waals surface area (Å²) in [6.07, 6.45) is 2.04. The zero-order valence-electron chi connectivity index (χ0n) is 17.5. The van der Waals surface area contributed by atoms with Crippen molar-refractivity contribution in [2.45, 2.75) is 25.2 Å². The second-order valence-corrected chi connectivity index (χ2v) is 8.10. The van der Waals surface area contributed by atoms with Crippen LogP contribution in [0.2, 0.25) is 5.02 Å². The minimum absolute atomic E-state index is 0.150. The predicted octanol–water partition coefficient (Wildman–Crippen LogP) is 4.25. The number of aromatic nitrogens is 2. The van der Waals surface area contributed by atoms with E-state index in [1.54, 1.807) is 7.11 Å². The number of amides is 1. The molecule has 1 aliphatic heterocycles. The number of hydrogen-bond donors (Lipinski definition) is 1. The quantitative estimate of drug-likeness (QED) is 0.569. The number of methoxy groups -OCH3 is 1. The fraction of sp³-hybridized carbons (Fsp3) is 0.333. The van der Waals surface area contributed by atoms with Crippen molar-refractivity contribution in [1.82, 2.24) is 15.1 Å². The first-order valence-electron chi connectivity index (χ1n) is 10.4. The van der Waals surface area contributed by atoms with E-state index in [1.165, 1.54) is 0 Å². The number of carbonyl (C=O) groups is 1. The normalized spacial score (nSPS) is 15.8. The summed E-state index contributed by atoms with van der Waals surface area (Å²) in [5, 5.41) is 8.19. The Morgan fingerprint density at radius 1 is 1.23 bits per heavy atom. The lowest BCUT2D eigenvalue weighted by Gasteiger charge is -2.16. The van der Waals surface area contributed by atoms with Gasteiger partial charge in [-0.2, -0.15) is 5.10 Å². The van der Waals surface area contributed by atoms with E-state index in [0.717, 1.165) is 35.7 Å². The van der Waals surface area contributed by atoms with Gasteiger partial charge in [0.15, 0.2) is 0 Å². The molecule has 31 heavy (non-hydrogen) atoms. The van der Waals surface area contributed by atoms with E-state index in [1.807, 2.05) is 53.4 Å². The van der Waals surface area contributed by atoms with Gasteiger partial charge in [-0.3, -0.25) is 9.89 Å². The van der Waals surface area contributed by atoms with Crippen molar-refractivity contribution in [3.63, 3.8) is 0 Å². The highest BCUT2D eigenvalue weighted by Crippen LogP contribution is 2.27. The van der Waals surface area contributed by atoms with Gasteiger partial charge in [-0.15, -0.1) is 0 Å². The number of halogens is 1. The number of hydrogen-bond acceptors (Lipinski definition) is 4. The van der Waals surface area contributed by atoms with E-state index in [0.29, 0.717) is 36.8 Å². The van der Waals surface area contributed by atoms with Gasteiger partial charge in [0.25, 0.3) is 0 Å². The van der Waals surface area contributed by atoms with E-state index in [2.05, 4.69) is 16.3 Å². The molecule has 0 radical (unpaired) electrons. The molecule has 0 bridgehead atoms. The van der Waals surface area contributed by atoms with Crippen molar-refractivity contribution >= 4 is 17.5 Å². The molecule has 4 rings (SSSR count). The molecular weight excluding hydrogens is 414 g/mol. The smallest absolute Gasteiger partial charge is 0.227 e. The van der Waals surface area contributed by atoms with Crippen molar-refractivity contribution in [3.8, 4) is 11.5 Å². The lowest BCUT2D eigenvalue weighted by molar-refractivity contribution is -0.129. The van der Waals surface area contributed by atoms with Crippen LogP contribution in [0.25, 0.3) is 0 Å². The lowest BCUT2D eigenvalue weighted by Crippen LogP contribution is -2.29. The maximum Gasteiger partial charge on any atom is 0.227 e. The summed E-state index contributed by atoms with van der Waals surface area (Å²) in [4.78, 5) is 14.6. The summed E-state index contributed by atoms with van der Waals surface area (Å²) in [7, 11) is 1.64. The molecule has 0 aliphatic carbocycles. The Bertz CT molecular complexity index is 1020. The Labute approximate surface area is 187 Å². The van der Waals surface area contributed by atoms with Crippen molar-refractivity contribution < 1.29 is 14.3 Å². The molecule has 6 nitrogen and oxygen atoms in total. The van der Waals surface area contributed by atoms with Gasteiger partial charge in [0.1, 0.15) is 11.5 Å². The monoisotopic (exact) mass is 439 g/mol. The molecule has 162 valence electrons. The van der Waals surface area contributed by atoms with Crippen molar-refractivity contribution in [2.75, 3.05) is 26.8 Å². The molecule has 2 aromatic carbocycles. The van der Waals surface area contributed by atoms with Gasteiger partial charge in [-0.25, -0.2) is 0 Å². The van der Waals surface area contributed by atoms with Gasteiger partial charge in [0.2, 0.25) is 5.91 Å². The third-order valence-corrected chi connectivity index (χ3v) is 5.90. The average molecular weight is 440 g/mol. The molecule has 0 spiro atoms. The van der Waals surface area contributed by atoms with Crippen LogP contribution in [0.3, 0.4) is 0 Å². The summed E-state index contributed by atoms with van der Waals surface area (Å²) in [5.41, 5.74) is 3.02. The van der Waals surface area contributed by atoms with Crippen LogP contribution < -0.4 is 9.47 Å². The van der Waals surface area contributed by atoms with E-state index in [-0.39, 0.29) is 11.8 Å². The Kier molecular flexibility index (Phi) is 6.77. The van der Waals surface area contributed by atoms with E-state index >= 15 is 0 Å². The van der Waals surface area contributed by atoms with E-state index < -0.39 is 0 Å². The maximum atomic E-state index is 12.7. The van der Waals surface area contributed by atoms with Crippen molar-refractivity contribution in [3.05, 3.63) is 76.6 Å². The van der Waals surface area contributed by atoms with Gasteiger partial charge >= 0.3 is 0 Å².